The van der Waals surface area contributed by atoms with E-state index in [9.17, 15) is 0 Å². The van der Waals surface area contributed by atoms with Crippen molar-refractivity contribution in [1.82, 2.24) is 0 Å². The van der Waals surface area contributed by atoms with Crippen LogP contribution >= 0.6 is 0 Å². The van der Waals surface area contributed by atoms with Crippen molar-refractivity contribution in [2.24, 2.45) is 5.92 Å². The number of hydrogen-bond donors (Lipinski definition) is 0. The predicted octanol–water partition coefficient (Wildman–Crippen LogP) is 4.40. The van der Waals surface area contributed by atoms with Crippen molar-refractivity contribution in [3.8, 4) is 0 Å². The molecule has 0 radical (unpaired) electrons. The number of nitrogens with zero attached hydrogens (tertiary/aromatic N) is 1. The van der Waals surface area contributed by atoms with Gasteiger partial charge in [-0.05, 0) is 35.3 Å². The molecule has 1 saturated heterocycles. The molecule has 0 bridgehead atoms. The van der Waals surface area contributed by atoms with E-state index in [1.54, 1.807) is 0 Å². The molecule has 1 aromatic rings. The number of likely N-dealkylation sites (tertiary alicyclic amines) is 1. The van der Waals surface area contributed by atoms with E-state index in [4.69, 9.17) is 0 Å². The van der Waals surface area contributed by atoms with E-state index in [0.29, 0.717) is 0 Å². The average molecular weight is 274 g/mol. The molecule has 1 aromatic carbocycles. The summed E-state index contributed by atoms with van der Waals surface area (Å²) >= 11 is 0. The van der Waals surface area contributed by atoms with E-state index in [1.165, 1.54) is 54.5 Å². The standard InChI is InChI=1S/C19H32N/c1-16-10-13-20(5,14-11-16)15-12-17-6-8-18(9-7-17)19(2,3)4/h6-9,16H,10-15H2,1-5H3/q+1. The van der Waals surface area contributed by atoms with E-state index >= 15 is 0 Å². The van der Waals surface area contributed by atoms with Gasteiger partial charge in [0.1, 0.15) is 0 Å². The lowest BCUT2D eigenvalue weighted by atomic mass is 9.86. The number of hydrogen-bond acceptors (Lipinski definition) is 0. The summed E-state index contributed by atoms with van der Waals surface area (Å²) in [5.41, 5.74) is 3.20. The summed E-state index contributed by atoms with van der Waals surface area (Å²) in [7, 11) is 2.44. The summed E-state index contributed by atoms with van der Waals surface area (Å²) in [6, 6.07) is 9.29. The summed E-state index contributed by atoms with van der Waals surface area (Å²) in [4.78, 5) is 0. The largest absolute Gasteiger partial charge is 0.326 e. The zero-order chi connectivity index (χ0) is 14.8. The summed E-state index contributed by atoms with van der Waals surface area (Å²) in [6.07, 6.45) is 4.02. The van der Waals surface area contributed by atoms with Gasteiger partial charge < -0.3 is 4.48 Å². The van der Waals surface area contributed by atoms with Crippen LogP contribution in [-0.2, 0) is 11.8 Å². The van der Waals surface area contributed by atoms with Crippen molar-refractivity contribution in [2.75, 3.05) is 26.7 Å². The maximum atomic E-state index is 2.44. The average Bonchev–Trinajstić information content (AvgIpc) is 2.40. The Labute approximate surface area is 125 Å². The topological polar surface area (TPSA) is 0 Å². The number of benzene rings is 1. The van der Waals surface area contributed by atoms with Crippen LogP contribution in [-0.4, -0.2) is 31.2 Å². The summed E-state index contributed by atoms with van der Waals surface area (Å²) in [6.45, 7) is 13.3. The summed E-state index contributed by atoms with van der Waals surface area (Å²) in [5, 5.41) is 0. The second kappa shape index (κ2) is 5.89. The van der Waals surface area contributed by atoms with Gasteiger partial charge in [-0.25, -0.2) is 0 Å². The molecule has 1 nitrogen and oxygen atoms in total. The van der Waals surface area contributed by atoms with E-state index < -0.39 is 0 Å². The van der Waals surface area contributed by atoms with Crippen LogP contribution in [0.15, 0.2) is 24.3 Å². The highest BCUT2D eigenvalue weighted by atomic mass is 15.3. The minimum absolute atomic E-state index is 0.264. The Balaban J connectivity index is 1.91. The highest BCUT2D eigenvalue weighted by Gasteiger charge is 2.27. The first-order valence-electron chi connectivity index (χ1n) is 8.21. The monoisotopic (exact) mass is 274 g/mol. The Morgan fingerprint density at radius 1 is 1.05 bits per heavy atom. The lowest BCUT2D eigenvalue weighted by Crippen LogP contribution is -2.50. The van der Waals surface area contributed by atoms with Crippen molar-refractivity contribution >= 4 is 0 Å². The molecule has 0 spiro atoms. The molecule has 1 fully saturated rings. The number of quaternary nitrogens is 1. The van der Waals surface area contributed by atoms with E-state index in [0.717, 1.165) is 5.92 Å². The summed E-state index contributed by atoms with van der Waals surface area (Å²) in [5.74, 6) is 0.937. The fourth-order valence-corrected chi connectivity index (χ4v) is 3.11. The van der Waals surface area contributed by atoms with Crippen LogP contribution in [0, 0.1) is 5.92 Å². The first kappa shape index (κ1) is 15.6. The molecule has 0 aromatic heterocycles. The van der Waals surface area contributed by atoms with Crippen LogP contribution in [0.4, 0.5) is 0 Å². The van der Waals surface area contributed by atoms with Crippen LogP contribution in [0.2, 0.25) is 0 Å². The van der Waals surface area contributed by atoms with Gasteiger partial charge in [0.25, 0.3) is 0 Å². The predicted molar refractivity (Wildman–Crippen MR) is 88.0 cm³/mol. The molecule has 20 heavy (non-hydrogen) atoms. The normalized spacial score (nSPS) is 27.6. The lowest BCUT2D eigenvalue weighted by Gasteiger charge is -2.40. The molecule has 1 aliphatic heterocycles. The molecule has 1 heterocycles. The van der Waals surface area contributed by atoms with Gasteiger partial charge in [0.05, 0.1) is 26.7 Å². The van der Waals surface area contributed by atoms with Gasteiger partial charge in [0.15, 0.2) is 0 Å². The van der Waals surface area contributed by atoms with Crippen LogP contribution in [0.5, 0.6) is 0 Å². The Hall–Kier alpha value is -0.820. The van der Waals surface area contributed by atoms with Crippen molar-refractivity contribution in [1.29, 1.82) is 0 Å². The molecule has 1 aliphatic rings. The van der Waals surface area contributed by atoms with E-state index in [-0.39, 0.29) is 5.41 Å². The van der Waals surface area contributed by atoms with Gasteiger partial charge in [-0.1, -0.05) is 52.0 Å². The fourth-order valence-electron chi connectivity index (χ4n) is 3.11. The summed E-state index contributed by atoms with van der Waals surface area (Å²) < 4.78 is 1.27. The van der Waals surface area contributed by atoms with E-state index in [2.05, 4.69) is 59.0 Å². The molecule has 0 saturated carbocycles. The number of piperidine rings is 1. The highest BCUT2D eigenvalue weighted by molar-refractivity contribution is 5.27. The third-order valence-corrected chi connectivity index (χ3v) is 5.08. The smallest absolute Gasteiger partial charge is 0.0825 e. The van der Waals surface area contributed by atoms with E-state index in [1.807, 2.05) is 0 Å². The molecule has 112 valence electrons. The Bertz CT molecular complexity index is 416. The van der Waals surface area contributed by atoms with Crippen molar-refractivity contribution < 1.29 is 4.48 Å². The minimum Gasteiger partial charge on any atom is -0.326 e. The maximum Gasteiger partial charge on any atom is 0.0825 e. The first-order chi connectivity index (χ1) is 9.28. The third kappa shape index (κ3) is 4.09. The SMILES string of the molecule is CC1CC[N+](C)(CCc2ccc(C(C)(C)C)cc2)CC1. The molecule has 2 rings (SSSR count). The molecule has 1 heteroatoms. The van der Waals surface area contributed by atoms with Crippen molar-refractivity contribution in [3.05, 3.63) is 35.4 Å². The zero-order valence-corrected chi connectivity index (χ0v) is 14.1. The Morgan fingerprint density at radius 3 is 2.10 bits per heavy atom. The molecule has 0 aliphatic carbocycles. The molecule has 0 unspecified atom stereocenters. The molecule has 0 atom stereocenters. The van der Waals surface area contributed by atoms with Gasteiger partial charge in [-0.3, -0.25) is 0 Å². The van der Waals surface area contributed by atoms with Gasteiger partial charge >= 0.3 is 0 Å². The zero-order valence-electron chi connectivity index (χ0n) is 14.1. The quantitative estimate of drug-likeness (QED) is 0.717. The van der Waals surface area contributed by atoms with Gasteiger partial charge in [-0.15, -0.1) is 0 Å². The van der Waals surface area contributed by atoms with Gasteiger partial charge in [-0.2, -0.15) is 0 Å². The van der Waals surface area contributed by atoms with Crippen LogP contribution in [0.3, 0.4) is 0 Å². The lowest BCUT2D eigenvalue weighted by molar-refractivity contribution is -0.915. The minimum atomic E-state index is 0.264. The first-order valence-corrected chi connectivity index (χ1v) is 8.21. The number of likely N-dealkylation sites (N-methyl/N-ethyl adjacent to an activating group) is 1. The van der Waals surface area contributed by atoms with Crippen molar-refractivity contribution in [3.63, 3.8) is 0 Å². The number of rotatable bonds is 3. The molecular weight excluding hydrogens is 242 g/mol. The van der Waals surface area contributed by atoms with Crippen LogP contribution in [0.25, 0.3) is 0 Å². The Morgan fingerprint density at radius 2 is 1.60 bits per heavy atom. The fraction of sp³-hybridized carbons (Fsp3) is 0.684. The highest BCUT2D eigenvalue weighted by Crippen LogP contribution is 2.24. The molecular formula is C19H32N+. The Kier molecular flexibility index (Phi) is 4.59. The van der Waals surface area contributed by atoms with Crippen molar-refractivity contribution in [2.45, 2.75) is 52.4 Å². The second-order valence-corrected chi connectivity index (χ2v) is 8.17. The third-order valence-electron chi connectivity index (χ3n) is 5.08. The van der Waals surface area contributed by atoms with Gasteiger partial charge in [0, 0.05) is 6.42 Å². The van der Waals surface area contributed by atoms with Crippen LogP contribution in [0.1, 0.15) is 51.7 Å². The molecule has 0 amide bonds. The molecule has 0 N–H and O–H groups in total. The maximum absolute atomic E-state index is 2.44. The second-order valence-electron chi connectivity index (χ2n) is 8.17. The van der Waals surface area contributed by atoms with Crippen LogP contribution < -0.4 is 0 Å². The van der Waals surface area contributed by atoms with Gasteiger partial charge in [0.2, 0.25) is 0 Å².